The highest BCUT2D eigenvalue weighted by atomic mass is 16.7. The molecule has 0 heterocycles. The number of nitro benzene ring substituents is 2. The Bertz CT molecular complexity index is 2050. The van der Waals surface area contributed by atoms with Gasteiger partial charge in [0.2, 0.25) is 0 Å². The summed E-state index contributed by atoms with van der Waals surface area (Å²) in [7, 11) is 0. The van der Waals surface area contributed by atoms with Crippen LogP contribution in [0.1, 0.15) is 59.4 Å². The smallest absolute Gasteiger partial charge is 0.507 e. The van der Waals surface area contributed by atoms with Crippen molar-refractivity contribution in [3.8, 4) is 17.2 Å². The van der Waals surface area contributed by atoms with Crippen molar-refractivity contribution in [2.75, 3.05) is 13.2 Å². The maximum absolute atomic E-state index is 12.5. The lowest BCUT2D eigenvalue weighted by molar-refractivity contribution is -0.385. The number of carbonyl (C=O) groups is 2. The topological polar surface area (TPSA) is 178 Å². The van der Waals surface area contributed by atoms with Crippen LogP contribution >= 0.6 is 0 Å². The standard InChI is InChI=1S/C39H34N2O11/c1-25(31-12-6-8-14-34(31)40(45)46)23-49-38(43)51-29-18-16-28(17-19-29)37(27-10-4-3-5-11-27)33-21-20-30(22-36(33)42)52-39(44)50-24-26(2)32-13-7-9-15-35(32)41(47)48/h3-22,25-26,37,42H,23-24H2,1-2H3. The lowest BCUT2D eigenvalue weighted by Gasteiger charge is -2.21. The maximum Gasteiger partial charge on any atom is 0.513 e. The molecule has 5 aromatic rings. The Morgan fingerprint density at radius 3 is 1.54 bits per heavy atom. The first kappa shape index (κ1) is 36.5. The molecular formula is C39H34N2O11. The van der Waals surface area contributed by atoms with E-state index in [1.165, 1.54) is 24.3 Å². The average Bonchev–Trinajstić information content (AvgIpc) is 3.15. The number of benzene rings is 5. The molecule has 0 saturated carbocycles. The van der Waals surface area contributed by atoms with E-state index in [1.54, 1.807) is 80.6 Å². The van der Waals surface area contributed by atoms with Gasteiger partial charge in [-0.1, -0.05) is 98.8 Å². The van der Waals surface area contributed by atoms with Crippen LogP contribution in [0.25, 0.3) is 0 Å². The van der Waals surface area contributed by atoms with Gasteiger partial charge in [0.25, 0.3) is 11.4 Å². The Morgan fingerprint density at radius 1 is 0.596 bits per heavy atom. The third-order valence-electron chi connectivity index (χ3n) is 8.29. The van der Waals surface area contributed by atoms with Crippen molar-refractivity contribution in [3.63, 3.8) is 0 Å². The van der Waals surface area contributed by atoms with Crippen molar-refractivity contribution >= 4 is 23.7 Å². The summed E-state index contributed by atoms with van der Waals surface area (Å²) in [6, 6.07) is 32.8. The first-order valence-electron chi connectivity index (χ1n) is 16.2. The van der Waals surface area contributed by atoms with Gasteiger partial charge in [-0.25, -0.2) is 9.59 Å². The van der Waals surface area contributed by atoms with Gasteiger partial charge in [-0.2, -0.15) is 0 Å². The molecule has 0 aliphatic heterocycles. The summed E-state index contributed by atoms with van der Waals surface area (Å²) in [5.74, 6) is -1.35. The number of hydrogen-bond donors (Lipinski definition) is 1. The number of hydrogen-bond acceptors (Lipinski definition) is 11. The fraction of sp³-hybridized carbons (Fsp3) is 0.179. The molecule has 5 aromatic carbocycles. The van der Waals surface area contributed by atoms with Gasteiger partial charge in [0.05, 0.1) is 9.85 Å². The number of nitro groups is 2. The normalized spacial score (nSPS) is 12.5. The molecule has 0 amide bonds. The van der Waals surface area contributed by atoms with Crippen LogP contribution in [0.15, 0.2) is 121 Å². The van der Waals surface area contributed by atoms with Gasteiger partial charge in [0.1, 0.15) is 30.5 Å². The Hall–Kier alpha value is -6.76. The quantitative estimate of drug-likeness (QED) is 0.0406. The third-order valence-corrected chi connectivity index (χ3v) is 8.29. The summed E-state index contributed by atoms with van der Waals surface area (Å²) in [6.07, 6.45) is -2.01. The minimum atomic E-state index is -1.04. The molecule has 3 unspecified atom stereocenters. The first-order chi connectivity index (χ1) is 25.0. The van der Waals surface area contributed by atoms with Gasteiger partial charge in [-0.05, 0) is 29.3 Å². The molecule has 0 bridgehead atoms. The number of carbonyl (C=O) groups excluding carboxylic acids is 2. The molecule has 0 saturated heterocycles. The van der Waals surface area contributed by atoms with E-state index in [4.69, 9.17) is 18.9 Å². The molecule has 52 heavy (non-hydrogen) atoms. The molecule has 13 nitrogen and oxygen atoms in total. The van der Waals surface area contributed by atoms with Crippen molar-refractivity contribution in [1.29, 1.82) is 0 Å². The van der Waals surface area contributed by atoms with E-state index in [0.717, 1.165) is 11.1 Å². The van der Waals surface area contributed by atoms with Crippen molar-refractivity contribution in [3.05, 3.63) is 169 Å². The minimum Gasteiger partial charge on any atom is -0.507 e. The zero-order valence-corrected chi connectivity index (χ0v) is 28.1. The molecule has 3 atom stereocenters. The number of rotatable bonds is 13. The summed E-state index contributed by atoms with van der Waals surface area (Å²) in [5, 5.41) is 33.9. The van der Waals surface area contributed by atoms with Crippen LogP contribution in [0, 0.1) is 20.2 Å². The lowest BCUT2D eigenvalue weighted by atomic mass is 9.84. The second kappa shape index (κ2) is 16.8. The molecule has 13 heteroatoms. The first-order valence-corrected chi connectivity index (χ1v) is 16.2. The Kier molecular flexibility index (Phi) is 11.8. The summed E-state index contributed by atoms with van der Waals surface area (Å²) in [5.41, 5.74) is 2.78. The van der Waals surface area contributed by atoms with E-state index < -0.39 is 39.9 Å². The van der Waals surface area contributed by atoms with E-state index in [0.29, 0.717) is 16.7 Å². The predicted octanol–water partition coefficient (Wildman–Crippen LogP) is 9.03. The number of para-hydroxylation sites is 2. The lowest BCUT2D eigenvalue weighted by Crippen LogP contribution is -2.15. The van der Waals surface area contributed by atoms with E-state index in [9.17, 15) is 34.9 Å². The van der Waals surface area contributed by atoms with Crippen LogP contribution in [0.3, 0.4) is 0 Å². The van der Waals surface area contributed by atoms with Crippen LogP contribution in [0.4, 0.5) is 21.0 Å². The number of ether oxygens (including phenoxy) is 4. The minimum absolute atomic E-state index is 0.0230. The largest absolute Gasteiger partial charge is 0.513 e. The summed E-state index contributed by atoms with van der Waals surface area (Å²) in [4.78, 5) is 46.7. The van der Waals surface area contributed by atoms with Crippen molar-refractivity contribution in [2.24, 2.45) is 0 Å². The van der Waals surface area contributed by atoms with E-state index in [1.807, 2.05) is 30.3 Å². The van der Waals surface area contributed by atoms with Crippen LogP contribution < -0.4 is 9.47 Å². The Morgan fingerprint density at radius 2 is 1.04 bits per heavy atom. The fourth-order valence-electron chi connectivity index (χ4n) is 5.71. The molecule has 266 valence electrons. The number of aromatic hydroxyl groups is 1. The zero-order chi connectivity index (χ0) is 37.2. The number of phenolic OH excluding ortho intramolecular Hbond substituents is 1. The highest BCUT2D eigenvalue weighted by Crippen LogP contribution is 2.39. The number of nitrogens with zero attached hydrogens (tertiary/aromatic N) is 2. The van der Waals surface area contributed by atoms with Crippen molar-refractivity contribution in [2.45, 2.75) is 31.6 Å². The molecular weight excluding hydrogens is 672 g/mol. The molecule has 0 radical (unpaired) electrons. The summed E-state index contributed by atoms with van der Waals surface area (Å²) in [6.45, 7) is 3.10. The molecule has 0 aromatic heterocycles. The summed E-state index contributed by atoms with van der Waals surface area (Å²) < 4.78 is 21.1. The van der Waals surface area contributed by atoms with E-state index in [2.05, 4.69) is 0 Å². The van der Waals surface area contributed by atoms with Crippen LogP contribution in [-0.2, 0) is 9.47 Å². The monoisotopic (exact) mass is 706 g/mol. The van der Waals surface area contributed by atoms with Crippen LogP contribution in [0.2, 0.25) is 0 Å². The fourth-order valence-corrected chi connectivity index (χ4v) is 5.71. The van der Waals surface area contributed by atoms with Gasteiger partial charge in [0, 0.05) is 52.6 Å². The van der Waals surface area contributed by atoms with Crippen LogP contribution in [-0.4, -0.2) is 40.5 Å². The predicted molar refractivity (Wildman–Crippen MR) is 189 cm³/mol. The second-order valence-corrected chi connectivity index (χ2v) is 11.9. The van der Waals surface area contributed by atoms with Gasteiger partial charge >= 0.3 is 12.3 Å². The van der Waals surface area contributed by atoms with E-state index >= 15 is 0 Å². The maximum atomic E-state index is 12.5. The van der Waals surface area contributed by atoms with Gasteiger partial charge in [0.15, 0.2) is 0 Å². The molecule has 0 aliphatic carbocycles. The third kappa shape index (κ3) is 9.07. The Balaban J connectivity index is 1.24. The van der Waals surface area contributed by atoms with Gasteiger partial charge in [-0.15, -0.1) is 0 Å². The second-order valence-electron chi connectivity index (χ2n) is 11.9. The van der Waals surface area contributed by atoms with Crippen molar-refractivity contribution < 1.29 is 43.5 Å². The zero-order valence-electron chi connectivity index (χ0n) is 28.1. The molecule has 0 spiro atoms. The number of phenols is 1. The molecule has 0 fully saturated rings. The average molecular weight is 707 g/mol. The molecule has 5 rings (SSSR count). The molecule has 0 aliphatic rings. The highest BCUT2D eigenvalue weighted by Gasteiger charge is 2.24. The van der Waals surface area contributed by atoms with E-state index in [-0.39, 0.29) is 41.8 Å². The Labute approximate surface area is 298 Å². The van der Waals surface area contributed by atoms with Crippen LogP contribution in [0.5, 0.6) is 17.2 Å². The van der Waals surface area contributed by atoms with Gasteiger partial charge in [-0.3, -0.25) is 20.2 Å². The van der Waals surface area contributed by atoms with Crippen molar-refractivity contribution in [1.82, 2.24) is 0 Å². The summed E-state index contributed by atoms with van der Waals surface area (Å²) >= 11 is 0. The molecule has 1 N–H and O–H groups in total. The highest BCUT2D eigenvalue weighted by molar-refractivity contribution is 5.65. The SMILES string of the molecule is CC(COC(=O)Oc1ccc(C(c2ccccc2)c2ccc(OC(=O)OCC(C)c3ccccc3[N+](=O)[O-])cc2O)cc1)c1ccccc1[N+](=O)[O-]. The van der Waals surface area contributed by atoms with Gasteiger partial charge < -0.3 is 24.1 Å².